The number of ether oxygens (including phenoxy) is 1. The number of aliphatic carboxylic acids is 1. The van der Waals surface area contributed by atoms with Gasteiger partial charge in [0, 0.05) is 6.20 Å². The van der Waals surface area contributed by atoms with Crippen LogP contribution in [0.5, 0.6) is 5.75 Å². The molecule has 3 aromatic rings. The van der Waals surface area contributed by atoms with Gasteiger partial charge >= 0.3 is 5.97 Å². The number of rotatable bonds is 11. The maximum Gasteiger partial charge on any atom is 0.306 e. The topological polar surface area (TPSA) is 59.4 Å². The minimum Gasteiger partial charge on any atom is -0.487 e. The average Bonchev–Trinajstić information content (AvgIpc) is 2.76. The Labute approximate surface area is 172 Å². The Hall–Kier alpha value is -3.14. The van der Waals surface area contributed by atoms with Gasteiger partial charge < -0.3 is 9.84 Å². The molecule has 1 unspecified atom stereocenters. The zero-order chi connectivity index (χ0) is 20.3. The minimum atomic E-state index is -0.701. The van der Waals surface area contributed by atoms with Crippen LogP contribution in [0, 0.1) is 5.92 Å². The highest BCUT2D eigenvalue weighted by Crippen LogP contribution is 2.20. The van der Waals surface area contributed by atoms with Crippen LogP contribution in [0.2, 0.25) is 0 Å². The molecule has 150 valence electrons. The first-order chi connectivity index (χ1) is 14.2. The highest BCUT2D eigenvalue weighted by Gasteiger charge is 2.17. The van der Waals surface area contributed by atoms with E-state index < -0.39 is 5.97 Å². The maximum absolute atomic E-state index is 11.6. The molecular formula is C25H27NO3. The summed E-state index contributed by atoms with van der Waals surface area (Å²) in [6.07, 6.45) is 5.67. The monoisotopic (exact) mass is 389 g/mol. The van der Waals surface area contributed by atoms with E-state index in [0.29, 0.717) is 19.4 Å². The summed E-state index contributed by atoms with van der Waals surface area (Å²) in [6.45, 7) is 0.433. The predicted molar refractivity (Wildman–Crippen MR) is 114 cm³/mol. The lowest BCUT2D eigenvalue weighted by atomic mass is 9.93. The van der Waals surface area contributed by atoms with Gasteiger partial charge in [0.2, 0.25) is 0 Å². The zero-order valence-electron chi connectivity index (χ0n) is 16.5. The van der Waals surface area contributed by atoms with Crippen LogP contribution in [-0.4, -0.2) is 16.1 Å². The van der Waals surface area contributed by atoms with Crippen LogP contribution >= 0.6 is 0 Å². The highest BCUT2D eigenvalue weighted by molar-refractivity contribution is 5.69. The van der Waals surface area contributed by atoms with Crippen LogP contribution in [-0.2, 0) is 24.2 Å². The Bertz CT molecular complexity index is 864. The summed E-state index contributed by atoms with van der Waals surface area (Å²) in [5.41, 5.74) is 3.28. The number of aryl methyl sites for hydroxylation is 2. The van der Waals surface area contributed by atoms with E-state index in [2.05, 4.69) is 17.1 Å². The fraction of sp³-hybridized carbons (Fsp3) is 0.280. The molecule has 0 amide bonds. The van der Waals surface area contributed by atoms with Gasteiger partial charge in [0.25, 0.3) is 0 Å². The smallest absolute Gasteiger partial charge is 0.306 e. The second kappa shape index (κ2) is 11.0. The second-order valence-corrected chi connectivity index (χ2v) is 7.21. The number of benzene rings is 2. The number of hydrogen-bond acceptors (Lipinski definition) is 3. The van der Waals surface area contributed by atoms with Gasteiger partial charge in [-0.15, -0.1) is 0 Å². The molecule has 1 atom stereocenters. The third kappa shape index (κ3) is 7.07. The molecule has 0 aliphatic heterocycles. The van der Waals surface area contributed by atoms with E-state index >= 15 is 0 Å². The third-order valence-corrected chi connectivity index (χ3v) is 5.03. The SMILES string of the molecule is O=C(O)C(CCCc1ccccc1)CCc1ccc(OCc2ccccn2)cc1. The molecule has 4 nitrogen and oxygen atoms in total. The van der Waals surface area contributed by atoms with Gasteiger partial charge in [-0.25, -0.2) is 0 Å². The minimum absolute atomic E-state index is 0.307. The van der Waals surface area contributed by atoms with Gasteiger partial charge in [-0.1, -0.05) is 48.5 Å². The van der Waals surface area contributed by atoms with Crippen molar-refractivity contribution in [2.75, 3.05) is 0 Å². The van der Waals surface area contributed by atoms with Crippen LogP contribution in [0.4, 0.5) is 0 Å². The first-order valence-electron chi connectivity index (χ1n) is 10.1. The molecule has 2 aromatic carbocycles. The van der Waals surface area contributed by atoms with E-state index in [4.69, 9.17) is 4.74 Å². The Morgan fingerprint density at radius 2 is 1.59 bits per heavy atom. The van der Waals surface area contributed by atoms with Crippen molar-refractivity contribution in [1.29, 1.82) is 0 Å². The molecule has 0 aliphatic rings. The van der Waals surface area contributed by atoms with Gasteiger partial charge in [0.05, 0.1) is 11.6 Å². The lowest BCUT2D eigenvalue weighted by Crippen LogP contribution is -2.15. The fourth-order valence-electron chi connectivity index (χ4n) is 3.32. The van der Waals surface area contributed by atoms with Crippen molar-refractivity contribution in [2.45, 2.75) is 38.7 Å². The van der Waals surface area contributed by atoms with Crippen LogP contribution in [0.3, 0.4) is 0 Å². The van der Waals surface area contributed by atoms with Crippen LogP contribution in [0.15, 0.2) is 79.0 Å². The van der Waals surface area contributed by atoms with Gasteiger partial charge in [-0.2, -0.15) is 0 Å². The average molecular weight is 389 g/mol. The first-order valence-corrected chi connectivity index (χ1v) is 10.1. The largest absolute Gasteiger partial charge is 0.487 e. The number of hydrogen-bond donors (Lipinski definition) is 1. The molecule has 0 fully saturated rings. The molecule has 0 spiro atoms. The van der Waals surface area contributed by atoms with Crippen molar-refractivity contribution < 1.29 is 14.6 Å². The van der Waals surface area contributed by atoms with E-state index in [1.165, 1.54) is 5.56 Å². The molecule has 0 aliphatic carbocycles. The van der Waals surface area contributed by atoms with Crippen molar-refractivity contribution in [3.63, 3.8) is 0 Å². The number of carbonyl (C=O) groups is 1. The van der Waals surface area contributed by atoms with Gasteiger partial charge in [-0.3, -0.25) is 9.78 Å². The molecule has 1 heterocycles. The standard InChI is InChI=1S/C25H27NO3/c27-25(28)22(10-6-9-20-7-2-1-3-8-20)15-12-21-13-16-24(17-14-21)29-19-23-11-4-5-18-26-23/h1-5,7-8,11,13-14,16-18,22H,6,9-10,12,15,19H2,(H,27,28). The van der Waals surface area contributed by atoms with Gasteiger partial charge in [0.15, 0.2) is 0 Å². The number of pyridine rings is 1. The molecule has 0 saturated carbocycles. The lowest BCUT2D eigenvalue weighted by molar-refractivity contribution is -0.142. The summed E-state index contributed by atoms with van der Waals surface area (Å²) in [5, 5.41) is 9.54. The third-order valence-electron chi connectivity index (χ3n) is 5.03. The van der Waals surface area contributed by atoms with Crippen molar-refractivity contribution in [3.8, 4) is 5.75 Å². The first kappa shape index (κ1) is 20.6. The molecule has 1 aromatic heterocycles. The molecule has 0 bridgehead atoms. The summed E-state index contributed by atoms with van der Waals surface area (Å²) in [6, 6.07) is 23.9. The zero-order valence-corrected chi connectivity index (χ0v) is 16.5. The summed E-state index contributed by atoms with van der Waals surface area (Å²) in [7, 11) is 0. The predicted octanol–water partition coefficient (Wildman–Crippen LogP) is 5.32. The molecule has 29 heavy (non-hydrogen) atoms. The van der Waals surface area contributed by atoms with Crippen LogP contribution in [0.1, 0.15) is 36.1 Å². The fourth-order valence-corrected chi connectivity index (χ4v) is 3.32. The Morgan fingerprint density at radius 1 is 0.862 bits per heavy atom. The van der Waals surface area contributed by atoms with Crippen molar-refractivity contribution in [2.24, 2.45) is 5.92 Å². The molecule has 0 saturated heterocycles. The molecular weight excluding hydrogens is 362 g/mol. The van der Waals surface area contributed by atoms with Crippen molar-refractivity contribution >= 4 is 5.97 Å². The molecule has 0 radical (unpaired) electrons. The maximum atomic E-state index is 11.6. The normalized spacial score (nSPS) is 11.7. The number of nitrogens with zero attached hydrogens (tertiary/aromatic N) is 1. The Kier molecular flexibility index (Phi) is 7.81. The lowest BCUT2D eigenvalue weighted by Gasteiger charge is -2.13. The Morgan fingerprint density at radius 3 is 2.28 bits per heavy atom. The number of carboxylic acids is 1. The van der Waals surface area contributed by atoms with E-state index in [1.807, 2.05) is 60.7 Å². The summed E-state index contributed by atoms with van der Waals surface area (Å²) >= 11 is 0. The second-order valence-electron chi connectivity index (χ2n) is 7.21. The summed E-state index contributed by atoms with van der Waals surface area (Å²) in [4.78, 5) is 15.9. The molecule has 4 heteroatoms. The molecule has 3 rings (SSSR count). The van der Waals surface area contributed by atoms with Crippen LogP contribution in [0.25, 0.3) is 0 Å². The summed E-state index contributed by atoms with van der Waals surface area (Å²) in [5.74, 6) is -0.218. The summed E-state index contributed by atoms with van der Waals surface area (Å²) < 4.78 is 5.75. The van der Waals surface area contributed by atoms with Crippen molar-refractivity contribution in [1.82, 2.24) is 4.98 Å². The van der Waals surface area contributed by atoms with E-state index in [9.17, 15) is 9.90 Å². The Balaban J connectivity index is 1.43. The van der Waals surface area contributed by atoms with Crippen LogP contribution < -0.4 is 4.74 Å². The highest BCUT2D eigenvalue weighted by atomic mass is 16.5. The number of carboxylic acid groups (broad SMARTS) is 1. The quantitative estimate of drug-likeness (QED) is 0.482. The molecule has 1 N–H and O–H groups in total. The van der Waals surface area contributed by atoms with Gasteiger partial charge in [0.1, 0.15) is 12.4 Å². The number of aromatic nitrogens is 1. The van der Waals surface area contributed by atoms with E-state index in [1.54, 1.807) is 6.20 Å². The van der Waals surface area contributed by atoms with Crippen molar-refractivity contribution in [3.05, 3.63) is 95.8 Å². The van der Waals surface area contributed by atoms with E-state index in [-0.39, 0.29) is 5.92 Å². The van der Waals surface area contributed by atoms with E-state index in [0.717, 1.165) is 36.3 Å². The van der Waals surface area contributed by atoms with Gasteiger partial charge in [-0.05, 0) is 67.5 Å².